The molecule has 0 aliphatic carbocycles. The Balaban J connectivity index is 1.69. The molecule has 6 heteroatoms. The normalized spacial score (nSPS) is 16.0. The van der Waals surface area contributed by atoms with E-state index in [0.717, 1.165) is 38.3 Å². The zero-order chi connectivity index (χ0) is 15.5. The van der Waals surface area contributed by atoms with Crippen molar-refractivity contribution in [3.05, 3.63) is 35.7 Å². The van der Waals surface area contributed by atoms with Crippen molar-refractivity contribution >= 4 is 5.91 Å². The van der Waals surface area contributed by atoms with Gasteiger partial charge in [-0.3, -0.25) is 4.79 Å². The summed E-state index contributed by atoms with van der Waals surface area (Å²) in [6, 6.07) is 7.34. The topological polar surface area (TPSA) is 62.5 Å². The Morgan fingerprint density at radius 2 is 1.86 bits per heavy atom. The third-order valence-corrected chi connectivity index (χ3v) is 4.01. The quantitative estimate of drug-likeness (QED) is 0.865. The first-order valence-corrected chi connectivity index (χ1v) is 7.59. The molecule has 0 saturated carbocycles. The van der Waals surface area contributed by atoms with Gasteiger partial charge in [-0.05, 0) is 37.7 Å². The van der Waals surface area contributed by atoms with Crippen molar-refractivity contribution in [3.63, 3.8) is 0 Å². The molecule has 22 heavy (non-hydrogen) atoms. The van der Waals surface area contributed by atoms with E-state index in [4.69, 9.17) is 4.52 Å². The maximum atomic E-state index is 12.5. The van der Waals surface area contributed by atoms with Crippen molar-refractivity contribution in [1.29, 1.82) is 0 Å². The Labute approximate surface area is 129 Å². The van der Waals surface area contributed by atoms with Crippen LogP contribution in [-0.2, 0) is 0 Å². The Morgan fingerprint density at radius 3 is 2.41 bits per heavy atom. The SMILES string of the molecule is CCN1CCN(C(=O)c2ccc(-c3nc(C)no3)cc2)CC1. The van der Waals surface area contributed by atoms with Gasteiger partial charge in [0.05, 0.1) is 0 Å². The minimum atomic E-state index is 0.0870. The second kappa shape index (κ2) is 6.27. The van der Waals surface area contributed by atoms with Gasteiger partial charge in [0.1, 0.15) is 0 Å². The van der Waals surface area contributed by atoms with Crippen molar-refractivity contribution in [2.24, 2.45) is 0 Å². The van der Waals surface area contributed by atoms with Gasteiger partial charge in [-0.25, -0.2) is 0 Å². The average Bonchev–Trinajstić information content (AvgIpc) is 3.01. The number of aryl methyl sites for hydroxylation is 1. The molecule has 1 aliphatic heterocycles. The van der Waals surface area contributed by atoms with E-state index >= 15 is 0 Å². The molecule has 0 N–H and O–H groups in total. The highest BCUT2D eigenvalue weighted by molar-refractivity contribution is 5.94. The summed E-state index contributed by atoms with van der Waals surface area (Å²) in [5.74, 6) is 1.17. The molecule has 1 fully saturated rings. The lowest BCUT2D eigenvalue weighted by atomic mass is 10.1. The second-order valence-corrected chi connectivity index (χ2v) is 5.45. The Bertz CT molecular complexity index is 642. The highest BCUT2D eigenvalue weighted by Gasteiger charge is 2.21. The summed E-state index contributed by atoms with van der Waals surface area (Å²) in [5, 5.41) is 3.77. The van der Waals surface area contributed by atoms with Crippen LogP contribution >= 0.6 is 0 Å². The Morgan fingerprint density at radius 1 is 1.18 bits per heavy atom. The fourth-order valence-electron chi connectivity index (χ4n) is 2.62. The lowest BCUT2D eigenvalue weighted by molar-refractivity contribution is 0.0643. The molecule has 1 saturated heterocycles. The fourth-order valence-corrected chi connectivity index (χ4v) is 2.62. The molecule has 6 nitrogen and oxygen atoms in total. The van der Waals surface area contributed by atoms with E-state index < -0.39 is 0 Å². The van der Waals surface area contributed by atoms with Crippen LogP contribution in [0.15, 0.2) is 28.8 Å². The van der Waals surface area contributed by atoms with Gasteiger partial charge in [-0.1, -0.05) is 12.1 Å². The molecule has 2 aromatic rings. The first-order valence-electron chi connectivity index (χ1n) is 7.59. The highest BCUT2D eigenvalue weighted by atomic mass is 16.5. The van der Waals surface area contributed by atoms with Crippen molar-refractivity contribution < 1.29 is 9.32 Å². The van der Waals surface area contributed by atoms with Gasteiger partial charge in [0.25, 0.3) is 11.8 Å². The molecule has 0 radical (unpaired) electrons. The molecule has 1 aromatic heterocycles. The third-order valence-electron chi connectivity index (χ3n) is 4.01. The minimum Gasteiger partial charge on any atom is -0.336 e. The molecule has 1 amide bonds. The van der Waals surface area contributed by atoms with Gasteiger partial charge in [0.15, 0.2) is 5.82 Å². The highest BCUT2D eigenvalue weighted by Crippen LogP contribution is 2.18. The number of benzene rings is 1. The largest absolute Gasteiger partial charge is 0.336 e. The number of likely N-dealkylation sites (N-methyl/N-ethyl adjacent to an activating group) is 1. The lowest BCUT2D eigenvalue weighted by Gasteiger charge is -2.34. The number of hydrogen-bond donors (Lipinski definition) is 0. The van der Waals surface area contributed by atoms with Crippen LogP contribution in [0.2, 0.25) is 0 Å². The van der Waals surface area contributed by atoms with Crippen LogP contribution < -0.4 is 0 Å². The molecular formula is C16H20N4O2. The number of carbonyl (C=O) groups is 1. The van der Waals surface area contributed by atoms with Crippen molar-refractivity contribution in [2.75, 3.05) is 32.7 Å². The molecule has 0 spiro atoms. The molecule has 1 aromatic carbocycles. The molecule has 0 unspecified atom stereocenters. The van der Waals surface area contributed by atoms with Crippen molar-refractivity contribution in [3.8, 4) is 11.5 Å². The second-order valence-electron chi connectivity index (χ2n) is 5.45. The summed E-state index contributed by atoms with van der Waals surface area (Å²) in [7, 11) is 0. The molecule has 3 rings (SSSR count). The van der Waals surface area contributed by atoms with Crippen LogP contribution in [0.4, 0.5) is 0 Å². The van der Waals surface area contributed by atoms with E-state index in [0.29, 0.717) is 17.3 Å². The zero-order valence-corrected chi connectivity index (χ0v) is 13.0. The van der Waals surface area contributed by atoms with E-state index in [2.05, 4.69) is 22.0 Å². The predicted octanol–water partition coefficient (Wildman–Crippen LogP) is 1.82. The lowest BCUT2D eigenvalue weighted by Crippen LogP contribution is -2.48. The number of hydrogen-bond acceptors (Lipinski definition) is 5. The summed E-state index contributed by atoms with van der Waals surface area (Å²) < 4.78 is 5.13. The summed E-state index contributed by atoms with van der Waals surface area (Å²) in [5.41, 5.74) is 1.53. The minimum absolute atomic E-state index is 0.0870. The standard InChI is InChI=1S/C16H20N4O2/c1-3-19-8-10-20(11-9-19)16(21)14-6-4-13(5-7-14)15-17-12(2)18-22-15/h4-7H,3,8-11H2,1-2H3. The number of piperazine rings is 1. The van der Waals surface area contributed by atoms with Crippen molar-refractivity contribution in [1.82, 2.24) is 19.9 Å². The first-order chi connectivity index (χ1) is 10.7. The Kier molecular flexibility index (Phi) is 4.20. The fraction of sp³-hybridized carbons (Fsp3) is 0.438. The van der Waals surface area contributed by atoms with Gasteiger partial charge < -0.3 is 14.3 Å². The number of amides is 1. The van der Waals surface area contributed by atoms with E-state index in [1.165, 1.54) is 0 Å². The third kappa shape index (κ3) is 3.01. The van der Waals surface area contributed by atoms with Crippen LogP contribution in [0.3, 0.4) is 0 Å². The van der Waals surface area contributed by atoms with E-state index in [-0.39, 0.29) is 5.91 Å². The van der Waals surface area contributed by atoms with Crippen molar-refractivity contribution in [2.45, 2.75) is 13.8 Å². The first kappa shape index (κ1) is 14.7. The smallest absolute Gasteiger partial charge is 0.257 e. The molecule has 0 bridgehead atoms. The van der Waals surface area contributed by atoms with Crippen LogP contribution in [-0.4, -0.2) is 58.6 Å². The van der Waals surface area contributed by atoms with Gasteiger partial charge in [-0.2, -0.15) is 4.98 Å². The monoisotopic (exact) mass is 300 g/mol. The molecule has 116 valence electrons. The maximum absolute atomic E-state index is 12.5. The number of aromatic nitrogens is 2. The Hall–Kier alpha value is -2.21. The number of rotatable bonds is 3. The predicted molar refractivity (Wildman–Crippen MR) is 82.5 cm³/mol. The van der Waals surface area contributed by atoms with Crippen LogP contribution in [0.25, 0.3) is 11.5 Å². The van der Waals surface area contributed by atoms with Gasteiger partial charge >= 0.3 is 0 Å². The van der Waals surface area contributed by atoms with Gasteiger partial charge in [0.2, 0.25) is 0 Å². The summed E-state index contributed by atoms with van der Waals surface area (Å²) in [6.45, 7) is 8.44. The molecule has 0 atom stereocenters. The van der Waals surface area contributed by atoms with Crippen LogP contribution in [0.5, 0.6) is 0 Å². The van der Waals surface area contributed by atoms with E-state index in [1.54, 1.807) is 6.92 Å². The zero-order valence-electron chi connectivity index (χ0n) is 13.0. The summed E-state index contributed by atoms with van der Waals surface area (Å²) >= 11 is 0. The molecule has 2 heterocycles. The molecular weight excluding hydrogens is 280 g/mol. The van der Waals surface area contributed by atoms with Gasteiger partial charge in [-0.15, -0.1) is 0 Å². The molecule has 1 aliphatic rings. The number of carbonyl (C=O) groups excluding carboxylic acids is 1. The number of nitrogens with zero attached hydrogens (tertiary/aromatic N) is 4. The average molecular weight is 300 g/mol. The maximum Gasteiger partial charge on any atom is 0.257 e. The van der Waals surface area contributed by atoms with Crippen LogP contribution in [0.1, 0.15) is 23.1 Å². The van der Waals surface area contributed by atoms with Crippen LogP contribution in [0, 0.1) is 6.92 Å². The summed E-state index contributed by atoms with van der Waals surface area (Å²) in [6.07, 6.45) is 0. The summed E-state index contributed by atoms with van der Waals surface area (Å²) in [4.78, 5) is 21.0. The van der Waals surface area contributed by atoms with E-state index in [9.17, 15) is 4.79 Å². The van der Waals surface area contributed by atoms with Gasteiger partial charge in [0, 0.05) is 37.3 Å². The van der Waals surface area contributed by atoms with E-state index in [1.807, 2.05) is 29.2 Å².